The maximum absolute atomic E-state index is 13.8. The minimum atomic E-state index is -2.34. The summed E-state index contributed by atoms with van der Waals surface area (Å²) in [6.07, 6.45) is -1.00. The van der Waals surface area contributed by atoms with Crippen molar-refractivity contribution in [3.05, 3.63) is 75.9 Å². The lowest BCUT2D eigenvalue weighted by Crippen LogP contribution is -2.54. The molecule has 2 aliphatic rings. The van der Waals surface area contributed by atoms with Crippen LogP contribution in [0, 0.1) is 0 Å². The van der Waals surface area contributed by atoms with Crippen molar-refractivity contribution < 1.29 is 38.1 Å². The van der Waals surface area contributed by atoms with Gasteiger partial charge >= 0.3 is 11.9 Å². The maximum atomic E-state index is 13.8. The highest BCUT2D eigenvalue weighted by molar-refractivity contribution is 6.33. The van der Waals surface area contributed by atoms with E-state index < -0.39 is 35.0 Å². The third kappa shape index (κ3) is 2.59. The first kappa shape index (κ1) is 21.5. The quantitative estimate of drug-likeness (QED) is 0.531. The summed E-state index contributed by atoms with van der Waals surface area (Å²) in [6, 6.07) is 10.9. The Kier molecular flexibility index (Phi) is 5.18. The van der Waals surface area contributed by atoms with Gasteiger partial charge in [0.2, 0.25) is 5.41 Å². The molecule has 164 valence electrons. The lowest BCUT2D eigenvalue weighted by atomic mass is 9.60. The van der Waals surface area contributed by atoms with E-state index in [1.807, 2.05) is 0 Å². The van der Waals surface area contributed by atoms with Gasteiger partial charge in [0.05, 0.1) is 21.3 Å². The number of hydrogen-bond acceptors (Lipinski definition) is 8. The topological polar surface area (TPSA) is 105 Å². The lowest BCUT2D eigenvalue weighted by molar-refractivity contribution is -0.159. The van der Waals surface area contributed by atoms with E-state index in [0.717, 1.165) is 14.2 Å². The molecule has 0 saturated heterocycles. The van der Waals surface area contributed by atoms with Gasteiger partial charge in [-0.25, -0.2) is 0 Å². The fraction of sp³-hybridized carbons (Fsp3) is 0.250. The van der Waals surface area contributed by atoms with Crippen LogP contribution in [-0.4, -0.2) is 51.9 Å². The van der Waals surface area contributed by atoms with Gasteiger partial charge in [-0.2, -0.15) is 0 Å². The highest BCUT2D eigenvalue weighted by Crippen LogP contribution is 2.52. The van der Waals surface area contributed by atoms with Crippen LogP contribution in [0.5, 0.6) is 5.75 Å². The van der Waals surface area contributed by atoms with E-state index in [1.165, 1.54) is 32.4 Å². The Labute approximate surface area is 183 Å². The van der Waals surface area contributed by atoms with Crippen LogP contribution in [0.2, 0.25) is 0 Å². The predicted octanol–water partition coefficient (Wildman–Crippen LogP) is 2.36. The number of ketones is 2. The van der Waals surface area contributed by atoms with Crippen molar-refractivity contribution in [2.45, 2.75) is 11.5 Å². The van der Waals surface area contributed by atoms with E-state index in [2.05, 4.69) is 0 Å². The second-order valence-electron chi connectivity index (χ2n) is 7.29. The Balaban J connectivity index is 2.21. The Hall–Kier alpha value is -3.78. The van der Waals surface area contributed by atoms with Crippen molar-refractivity contribution in [3.63, 3.8) is 0 Å². The normalized spacial score (nSPS) is 18.3. The Morgan fingerprint density at radius 1 is 0.844 bits per heavy atom. The van der Waals surface area contributed by atoms with E-state index >= 15 is 0 Å². The molecule has 1 unspecified atom stereocenters. The second kappa shape index (κ2) is 7.72. The van der Waals surface area contributed by atoms with E-state index in [-0.39, 0.29) is 27.8 Å². The Morgan fingerprint density at radius 2 is 1.44 bits per heavy atom. The smallest absolute Gasteiger partial charge is 0.332 e. The molecule has 0 bridgehead atoms. The molecule has 8 nitrogen and oxygen atoms in total. The van der Waals surface area contributed by atoms with Gasteiger partial charge in [0.15, 0.2) is 11.6 Å². The zero-order valence-corrected chi connectivity index (χ0v) is 17.9. The number of Topliss-reactive ketones (excluding diaryl/α,β-unsaturated/α-hetero) is 2. The number of carbonyl (C=O) groups excluding carboxylic acids is 4. The summed E-state index contributed by atoms with van der Waals surface area (Å²) in [7, 11) is 4.99. The fourth-order valence-corrected chi connectivity index (χ4v) is 4.58. The standard InChI is InChI=1S/C24H20O8/c1-29-12-9-10-15-16(11-12)24(22(27)31-3,23(28)32-4)18-17(21(15)30-2)19(25)13-7-5-6-8-14(13)20(18)26/h5-11,21H,1-4H3. The van der Waals surface area contributed by atoms with Crippen LogP contribution in [0.25, 0.3) is 0 Å². The number of esters is 2. The highest BCUT2D eigenvalue weighted by Gasteiger charge is 2.63. The van der Waals surface area contributed by atoms with Crippen LogP contribution in [0.3, 0.4) is 0 Å². The van der Waals surface area contributed by atoms with E-state index in [4.69, 9.17) is 18.9 Å². The average Bonchev–Trinajstić information content (AvgIpc) is 2.84. The summed E-state index contributed by atoms with van der Waals surface area (Å²) in [5.41, 5.74) is -2.06. The molecule has 0 N–H and O–H groups in total. The van der Waals surface area contributed by atoms with Gasteiger partial charge in [0, 0.05) is 29.4 Å². The molecule has 1 atom stereocenters. The number of hydrogen-bond donors (Lipinski definition) is 0. The molecule has 8 heteroatoms. The Morgan fingerprint density at radius 3 is 1.97 bits per heavy atom. The number of carbonyl (C=O) groups is 4. The molecule has 0 radical (unpaired) electrons. The molecule has 0 fully saturated rings. The zero-order chi connectivity index (χ0) is 23.2. The summed E-state index contributed by atoms with van der Waals surface area (Å²) in [5.74, 6) is -2.94. The van der Waals surface area contributed by atoms with Gasteiger partial charge < -0.3 is 18.9 Å². The van der Waals surface area contributed by atoms with Gasteiger partial charge in [-0.1, -0.05) is 30.3 Å². The lowest BCUT2D eigenvalue weighted by Gasteiger charge is -2.41. The minimum Gasteiger partial charge on any atom is -0.497 e. The van der Waals surface area contributed by atoms with Crippen molar-refractivity contribution in [2.75, 3.05) is 28.4 Å². The zero-order valence-electron chi connectivity index (χ0n) is 17.9. The summed E-state index contributed by atoms with van der Waals surface area (Å²) < 4.78 is 21.0. The summed E-state index contributed by atoms with van der Waals surface area (Å²) in [4.78, 5) is 54.1. The van der Waals surface area contributed by atoms with Crippen LogP contribution in [-0.2, 0) is 29.2 Å². The molecule has 0 aromatic heterocycles. The predicted molar refractivity (Wildman–Crippen MR) is 111 cm³/mol. The monoisotopic (exact) mass is 436 g/mol. The van der Waals surface area contributed by atoms with Crippen molar-refractivity contribution in [2.24, 2.45) is 0 Å². The van der Waals surface area contributed by atoms with Crippen molar-refractivity contribution in [1.82, 2.24) is 0 Å². The molecular formula is C24H20O8. The average molecular weight is 436 g/mol. The molecule has 2 aromatic rings. The molecule has 4 rings (SSSR count). The molecule has 0 aliphatic heterocycles. The molecule has 2 aromatic carbocycles. The van der Waals surface area contributed by atoms with Gasteiger partial charge in [0.25, 0.3) is 0 Å². The summed E-state index contributed by atoms with van der Waals surface area (Å²) in [5, 5.41) is 0. The first-order valence-corrected chi connectivity index (χ1v) is 9.69. The molecule has 2 aliphatic carbocycles. The van der Waals surface area contributed by atoms with Gasteiger partial charge in [-0.05, 0) is 23.3 Å². The molecule has 0 amide bonds. The van der Waals surface area contributed by atoms with Gasteiger partial charge in [-0.15, -0.1) is 0 Å². The molecule has 0 heterocycles. The number of fused-ring (bicyclic) bond motifs is 2. The van der Waals surface area contributed by atoms with Crippen LogP contribution in [0.1, 0.15) is 37.9 Å². The minimum absolute atomic E-state index is 0.0784. The number of rotatable bonds is 4. The first-order valence-electron chi connectivity index (χ1n) is 9.69. The second-order valence-corrected chi connectivity index (χ2v) is 7.29. The number of ether oxygens (including phenoxy) is 4. The van der Waals surface area contributed by atoms with E-state index in [0.29, 0.717) is 11.3 Å². The fourth-order valence-electron chi connectivity index (χ4n) is 4.58. The SMILES string of the molecule is COC(=O)C1(C(=O)OC)C2=C(C(=O)c3ccccc3C2=O)C(OC)c2ccc(OC)cc21. The third-order valence-electron chi connectivity index (χ3n) is 5.96. The first-order chi connectivity index (χ1) is 15.4. The van der Waals surface area contributed by atoms with Crippen molar-refractivity contribution in [3.8, 4) is 5.75 Å². The Bertz CT molecular complexity index is 1190. The molecule has 0 saturated carbocycles. The van der Waals surface area contributed by atoms with Crippen LogP contribution in [0.4, 0.5) is 0 Å². The van der Waals surface area contributed by atoms with Crippen molar-refractivity contribution >= 4 is 23.5 Å². The van der Waals surface area contributed by atoms with E-state index in [1.54, 1.807) is 24.3 Å². The third-order valence-corrected chi connectivity index (χ3v) is 5.96. The molecular weight excluding hydrogens is 416 g/mol. The number of benzene rings is 2. The highest BCUT2D eigenvalue weighted by atomic mass is 16.5. The largest absolute Gasteiger partial charge is 0.497 e. The van der Waals surface area contributed by atoms with Crippen LogP contribution >= 0.6 is 0 Å². The van der Waals surface area contributed by atoms with Crippen LogP contribution < -0.4 is 4.74 Å². The number of methoxy groups -OCH3 is 4. The van der Waals surface area contributed by atoms with Crippen LogP contribution in [0.15, 0.2) is 53.6 Å². The summed E-state index contributed by atoms with van der Waals surface area (Å²) >= 11 is 0. The van der Waals surface area contributed by atoms with Crippen molar-refractivity contribution in [1.29, 1.82) is 0 Å². The summed E-state index contributed by atoms with van der Waals surface area (Å²) in [6.45, 7) is 0. The van der Waals surface area contributed by atoms with Gasteiger partial charge in [-0.3, -0.25) is 19.2 Å². The van der Waals surface area contributed by atoms with E-state index in [9.17, 15) is 19.2 Å². The molecule has 0 spiro atoms. The maximum Gasteiger partial charge on any atom is 0.332 e. The molecule has 32 heavy (non-hydrogen) atoms. The van der Waals surface area contributed by atoms with Gasteiger partial charge in [0.1, 0.15) is 11.9 Å².